The first-order valence-electron chi connectivity index (χ1n) is 6.12. The molecule has 2 unspecified atom stereocenters. The fourth-order valence-corrected chi connectivity index (χ4v) is 2.91. The summed E-state index contributed by atoms with van der Waals surface area (Å²) in [6.07, 6.45) is 0. The van der Waals surface area contributed by atoms with E-state index in [4.69, 9.17) is 0 Å². The summed E-state index contributed by atoms with van der Waals surface area (Å²) in [5, 5.41) is 0. The second-order valence-corrected chi connectivity index (χ2v) is 4.79. The highest BCUT2D eigenvalue weighted by Gasteiger charge is 2.32. The number of benzene rings is 2. The second-order valence-electron chi connectivity index (χ2n) is 4.79. The zero-order valence-corrected chi connectivity index (χ0v) is 10.1. The third-order valence-corrected chi connectivity index (χ3v) is 3.85. The normalized spacial score (nSPS) is 22.5. The van der Waals surface area contributed by atoms with E-state index in [1.807, 2.05) is 0 Å². The van der Waals surface area contributed by atoms with E-state index in [-0.39, 0.29) is 0 Å². The van der Waals surface area contributed by atoms with Crippen molar-refractivity contribution in [1.82, 2.24) is 0 Å². The predicted molar refractivity (Wildman–Crippen MR) is 72.9 cm³/mol. The Morgan fingerprint density at radius 2 is 1.53 bits per heavy atom. The molecule has 84 valence electrons. The van der Waals surface area contributed by atoms with Crippen LogP contribution in [0.2, 0.25) is 0 Å². The molecule has 1 aliphatic rings. The van der Waals surface area contributed by atoms with Gasteiger partial charge in [-0.1, -0.05) is 68.1 Å². The molecule has 17 heavy (non-hydrogen) atoms. The van der Waals surface area contributed by atoms with Crippen molar-refractivity contribution in [2.75, 3.05) is 0 Å². The lowest BCUT2D eigenvalue weighted by Gasteiger charge is -2.17. The van der Waals surface area contributed by atoms with Crippen molar-refractivity contribution >= 4 is 5.57 Å². The zero-order chi connectivity index (χ0) is 11.8. The molecular weight excluding hydrogens is 204 g/mol. The fourth-order valence-electron chi connectivity index (χ4n) is 2.91. The number of hydrogen-bond acceptors (Lipinski definition) is 0. The van der Waals surface area contributed by atoms with Gasteiger partial charge in [0.15, 0.2) is 0 Å². The maximum absolute atomic E-state index is 4.25. The molecule has 0 fully saturated rings. The Balaban J connectivity index is 2.16. The number of fused-ring (bicyclic) bond motifs is 1. The molecule has 0 aromatic heterocycles. The summed E-state index contributed by atoms with van der Waals surface area (Å²) in [5.74, 6) is 0.967. The van der Waals surface area contributed by atoms with E-state index in [0.29, 0.717) is 11.8 Å². The van der Waals surface area contributed by atoms with E-state index < -0.39 is 0 Å². The summed E-state index contributed by atoms with van der Waals surface area (Å²) >= 11 is 0. The molecule has 0 saturated carbocycles. The maximum atomic E-state index is 4.25. The van der Waals surface area contributed by atoms with E-state index in [1.54, 1.807) is 0 Å². The molecule has 0 N–H and O–H groups in total. The van der Waals surface area contributed by atoms with Crippen LogP contribution in [-0.2, 0) is 0 Å². The van der Waals surface area contributed by atoms with Crippen LogP contribution in [-0.4, -0.2) is 0 Å². The van der Waals surface area contributed by atoms with Gasteiger partial charge in [0.05, 0.1) is 0 Å². The summed E-state index contributed by atoms with van der Waals surface area (Å²) < 4.78 is 0. The molecule has 2 atom stereocenters. The molecule has 2 aromatic rings. The monoisotopic (exact) mass is 220 g/mol. The minimum atomic E-state index is 0.472. The largest absolute Gasteiger partial charge is 0.0949 e. The third-order valence-electron chi connectivity index (χ3n) is 3.85. The Bertz CT molecular complexity index is 551. The lowest BCUT2D eigenvalue weighted by atomic mass is 9.86. The zero-order valence-electron chi connectivity index (χ0n) is 10.1. The van der Waals surface area contributed by atoms with Gasteiger partial charge in [0.1, 0.15) is 0 Å². The first-order chi connectivity index (χ1) is 8.29. The molecule has 0 heteroatoms. The Hall–Kier alpha value is -1.82. The van der Waals surface area contributed by atoms with E-state index in [1.165, 1.54) is 22.3 Å². The number of allylic oxidation sites excluding steroid dienone is 1. The molecule has 0 nitrogen and oxygen atoms in total. The molecule has 3 rings (SSSR count). The van der Waals surface area contributed by atoms with Crippen LogP contribution < -0.4 is 0 Å². The standard InChI is InChI=1S/C17H16/c1-12-13(2)17(14-8-4-3-5-9-14)16-11-7-6-10-15(12)16/h3-11,13,17H,1H2,2H3. The van der Waals surface area contributed by atoms with Crippen LogP contribution in [0.25, 0.3) is 5.57 Å². The van der Waals surface area contributed by atoms with Gasteiger partial charge < -0.3 is 0 Å². The lowest BCUT2D eigenvalue weighted by molar-refractivity contribution is 0.673. The molecule has 0 aliphatic heterocycles. The van der Waals surface area contributed by atoms with Crippen LogP contribution in [0.4, 0.5) is 0 Å². The smallest absolute Gasteiger partial charge is 0.0161 e. The second kappa shape index (κ2) is 3.89. The van der Waals surface area contributed by atoms with Crippen LogP contribution in [0.3, 0.4) is 0 Å². The van der Waals surface area contributed by atoms with E-state index in [0.717, 1.165) is 0 Å². The van der Waals surface area contributed by atoms with E-state index in [9.17, 15) is 0 Å². The van der Waals surface area contributed by atoms with Crippen LogP contribution in [0.5, 0.6) is 0 Å². The van der Waals surface area contributed by atoms with Crippen molar-refractivity contribution in [3.63, 3.8) is 0 Å². The first kappa shape index (κ1) is 10.3. The average molecular weight is 220 g/mol. The van der Waals surface area contributed by atoms with Crippen molar-refractivity contribution < 1.29 is 0 Å². The SMILES string of the molecule is C=C1c2ccccc2C(c2ccccc2)C1C. The summed E-state index contributed by atoms with van der Waals surface area (Å²) in [5.41, 5.74) is 5.44. The Kier molecular flexibility index (Phi) is 2.36. The molecular formula is C17H16. The maximum Gasteiger partial charge on any atom is 0.0161 e. The average Bonchev–Trinajstić information content (AvgIpc) is 2.64. The molecule has 2 aromatic carbocycles. The highest BCUT2D eigenvalue weighted by Crippen LogP contribution is 2.47. The molecule has 0 heterocycles. The van der Waals surface area contributed by atoms with Gasteiger partial charge in [0, 0.05) is 5.92 Å². The van der Waals surface area contributed by atoms with Gasteiger partial charge in [0.2, 0.25) is 0 Å². The van der Waals surface area contributed by atoms with Gasteiger partial charge in [-0.05, 0) is 28.2 Å². The predicted octanol–water partition coefficient (Wildman–Crippen LogP) is 4.48. The highest BCUT2D eigenvalue weighted by atomic mass is 14.4. The Morgan fingerprint density at radius 1 is 0.882 bits per heavy atom. The Morgan fingerprint density at radius 3 is 2.29 bits per heavy atom. The third kappa shape index (κ3) is 1.52. The van der Waals surface area contributed by atoms with Gasteiger partial charge in [-0.15, -0.1) is 0 Å². The summed E-state index contributed by atoms with van der Waals surface area (Å²) in [4.78, 5) is 0. The number of hydrogen-bond donors (Lipinski definition) is 0. The quantitative estimate of drug-likeness (QED) is 0.664. The van der Waals surface area contributed by atoms with Gasteiger partial charge in [-0.2, -0.15) is 0 Å². The van der Waals surface area contributed by atoms with Crippen LogP contribution >= 0.6 is 0 Å². The molecule has 0 saturated heterocycles. The summed E-state index contributed by atoms with van der Waals surface area (Å²) in [7, 11) is 0. The van der Waals surface area contributed by atoms with Crippen molar-refractivity contribution in [3.05, 3.63) is 77.9 Å². The minimum absolute atomic E-state index is 0.472. The number of rotatable bonds is 1. The van der Waals surface area contributed by atoms with Crippen molar-refractivity contribution in [2.45, 2.75) is 12.8 Å². The van der Waals surface area contributed by atoms with Crippen LogP contribution in [0.15, 0.2) is 61.2 Å². The van der Waals surface area contributed by atoms with E-state index >= 15 is 0 Å². The van der Waals surface area contributed by atoms with Crippen molar-refractivity contribution in [3.8, 4) is 0 Å². The van der Waals surface area contributed by atoms with E-state index in [2.05, 4.69) is 68.1 Å². The molecule has 0 radical (unpaired) electrons. The first-order valence-corrected chi connectivity index (χ1v) is 6.12. The molecule has 0 spiro atoms. The topological polar surface area (TPSA) is 0 Å². The van der Waals surface area contributed by atoms with Gasteiger partial charge in [0.25, 0.3) is 0 Å². The van der Waals surface area contributed by atoms with Crippen LogP contribution in [0.1, 0.15) is 29.5 Å². The summed E-state index contributed by atoms with van der Waals surface area (Å²) in [6.45, 7) is 6.53. The lowest BCUT2D eigenvalue weighted by Crippen LogP contribution is -2.04. The Labute approximate surface area is 103 Å². The molecule has 1 aliphatic carbocycles. The van der Waals surface area contributed by atoms with Gasteiger partial charge >= 0.3 is 0 Å². The van der Waals surface area contributed by atoms with Gasteiger partial charge in [-0.25, -0.2) is 0 Å². The molecule has 0 bridgehead atoms. The summed E-state index contributed by atoms with van der Waals surface area (Å²) in [6, 6.07) is 19.4. The van der Waals surface area contributed by atoms with Crippen molar-refractivity contribution in [2.24, 2.45) is 5.92 Å². The highest BCUT2D eigenvalue weighted by molar-refractivity contribution is 5.75. The minimum Gasteiger partial charge on any atom is -0.0949 e. The fraction of sp³-hybridized carbons (Fsp3) is 0.176. The molecule has 0 amide bonds. The van der Waals surface area contributed by atoms with Gasteiger partial charge in [-0.3, -0.25) is 0 Å². The van der Waals surface area contributed by atoms with Crippen LogP contribution in [0, 0.1) is 5.92 Å². The van der Waals surface area contributed by atoms with Crippen molar-refractivity contribution in [1.29, 1.82) is 0 Å².